The normalized spacial score (nSPS) is 22.1. The number of aliphatic hydroxyl groups is 3. The lowest BCUT2D eigenvalue weighted by atomic mass is 9.99. The summed E-state index contributed by atoms with van der Waals surface area (Å²) in [5.74, 6) is -1.89. The number of rotatable bonds is 10. The molecule has 4 rings (SSSR count). The molecule has 41 heavy (non-hydrogen) atoms. The molecule has 0 unspecified atom stereocenters. The Balaban J connectivity index is 1.65. The highest BCUT2D eigenvalue weighted by Crippen LogP contribution is 2.43. The van der Waals surface area contributed by atoms with Gasteiger partial charge >= 0.3 is 5.97 Å². The summed E-state index contributed by atoms with van der Waals surface area (Å²) in [4.78, 5) is 39.6. The summed E-state index contributed by atoms with van der Waals surface area (Å²) in [6, 6.07) is 8.92. The van der Waals surface area contributed by atoms with Crippen LogP contribution in [0.15, 0.2) is 45.6 Å². The van der Waals surface area contributed by atoms with Crippen LogP contribution in [0.1, 0.15) is 0 Å². The van der Waals surface area contributed by atoms with Crippen LogP contribution >= 0.6 is 0 Å². The van der Waals surface area contributed by atoms with E-state index < -0.39 is 66.2 Å². The van der Waals surface area contributed by atoms with Crippen LogP contribution in [0.4, 0.5) is 0 Å². The van der Waals surface area contributed by atoms with E-state index in [1.807, 2.05) is 0 Å². The van der Waals surface area contributed by atoms with Crippen LogP contribution in [0.2, 0.25) is 0 Å². The average molecular weight is 579 g/mol. The third-order valence-corrected chi connectivity index (χ3v) is 6.06. The number of phenols is 1. The van der Waals surface area contributed by atoms with Crippen molar-refractivity contribution >= 4 is 16.9 Å². The van der Waals surface area contributed by atoms with Crippen molar-refractivity contribution in [3.8, 4) is 34.3 Å². The number of fused-ring (bicyclic) bond motifs is 1. The molecule has 0 spiro atoms. The van der Waals surface area contributed by atoms with Crippen molar-refractivity contribution in [2.75, 3.05) is 27.4 Å². The molecule has 16 heteroatoms. The lowest BCUT2D eigenvalue weighted by molar-refractivity contribution is -0.757. The summed E-state index contributed by atoms with van der Waals surface area (Å²) in [5, 5.41) is 50.7. The van der Waals surface area contributed by atoms with Crippen LogP contribution in [0.5, 0.6) is 23.0 Å². The predicted octanol–water partition coefficient (Wildman–Crippen LogP) is 0.121. The number of aromatic hydroxyl groups is 1. The summed E-state index contributed by atoms with van der Waals surface area (Å²) in [5.41, 5.74) is -0.254. The van der Waals surface area contributed by atoms with Crippen molar-refractivity contribution in [2.24, 2.45) is 0 Å². The number of nitrogens with zero attached hydrogens (tertiary/aromatic N) is 1. The zero-order valence-electron chi connectivity index (χ0n) is 21.5. The lowest BCUT2D eigenvalue weighted by Gasteiger charge is -2.39. The number of phenolic OH excluding ortho intramolecular Hbond substituents is 1. The minimum absolute atomic E-state index is 0.136. The first-order valence-corrected chi connectivity index (χ1v) is 11.9. The average Bonchev–Trinajstić information content (AvgIpc) is 2.95. The topological polar surface area (TPSA) is 227 Å². The molecule has 16 nitrogen and oxygen atoms in total. The van der Waals surface area contributed by atoms with Crippen molar-refractivity contribution < 1.29 is 63.2 Å². The van der Waals surface area contributed by atoms with E-state index in [9.17, 15) is 40.1 Å². The fourth-order valence-electron chi connectivity index (χ4n) is 4.05. The second kappa shape index (κ2) is 12.3. The molecule has 5 atom stereocenters. The first-order chi connectivity index (χ1) is 19.5. The van der Waals surface area contributed by atoms with Crippen LogP contribution in [-0.4, -0.2) is 89.6 Å². The minimum atomic E-state index is -1.97. The second-order valence-corrected chi connectivity index (χ2v) is 8.57. The highest BCUT2D eigenvalue weighted by Gasteiger charge is 2.49. The van der Waals surface area contributed by atoms with Gasteiger partial charge in [-0.1, -0.05) is 0 Å². The minimum Gasteiger partial charge on any atom is -0.504 e. The van der Waals surface area contributed by atoms with Crippen LogP contribution in [0.3, 0.4) is 0 Å². The quantitative estimate of drug-likeness (QED) is 0.108. The van der Waals surface area contributed by atoms with Crippen molar-refractivity contribution in [1.82, 2.24) is 0 Å². The maximum Gasteiger partial charge on any atom is 0.338 e. The number of esters is 1. The first-order valence-electron chi connectivity index (χ1n) is 11.9. The summed E-state index contributed by atoms with van der Waals surface area (Å²) in [6.45, 7) is -1.19. The van der Waals surface area contributed by atoms with Crippen molar-refractivity contribution in [1.29, 1.82) is 0 Å². The Labute approximate surface area is 229 Å². The van der Waals surface area contributed by atoms with E-state index >= 15 is 0 Å². The van der Waals surface area contributed by atoms with Crippen molar-refractivity contribution in [2.45, 2.75) is 30.7 Å². The van der Waals surface area contributed by atoms with Gasteiger partial charge in [-0.3, -0.25) is 4.79 Å². The number of carbonyl (C=O) groups excluding carboxylic acids is 1. The summed E-state index contributed by atoms with van der Waals surface area (Å²) < 4.78 is 31.9. The van der Waals surface area contributed by atoms with Gasteiger partial charge in [0.05, 0.1) is 14.2 Å². The number of carbonyl (C=O) groups is 1. The Morgan fingerprint density at radius 3 is 2.37 bits per heavy atom. The molecule has 2 heterocycles. The molecule has 0 bridgehead atoms. The summed E-state index contributed by atoms with van der Waals surface area (Å²) in [6.07, 6.45) is -9.60. The molecule has 1 fully saturated rings. The zero-order chi connectivity index (χ0) is 29.8. The molecular weight excluding hydrogens is 554 g/mol. The molecule has 0 saturated carbocycles. The monoisotopic (exact) mass is 579 g/mol. The molecule has 4 N–H and O–H groups in total. The molecular formula is C25H25NO15. The van der Waals surface area contributed by atoms with E-state index in [2.05, 4.69) is 4.84 Å². The SMILES string of the molecule is COc1ccc(-c2cc(=O)c3c(O)c(OC)c(O[C@@H]4O[C@H](C(=O)OCCO[N+](=O)[O-])[C@@H](O)[C@H](O)[C@H]4O)cc3o2)cc1. The van der Waals surface area contributed by atoms with Gasteiger partial charge in [0.1, 0.15) is 54.0 Å². The summed E-state index contributed by atoms with van der Waals surface area (Å²) >= 11 is 0. The van der Waals surface area contributed by atoms with E-state index in [4.69, 9.17) is 28.1 Å². The third-order valence-electron chi connectivity index (χ3n) is 6.06. The Morgan fingerprint density at radius 2 is 1.73 bits per heavy atom. The molecule has 3 aromatic rings. The first kappa shape index (κ1) is 29.3. The molecule has 1 aromatic heterocycles. The van der Waals surface area contributed by atoms with E-state index in [1.54, 1.807) is 24.3 Å². The Morgan fingerprint density at radius 1 is 1.02 bits per heavy atom. The van der Waals surface area contributed by atoms with Crippen LogP contribution in [0.25, 0.3) is 22.3 Å². The molecule has 0 aliphatic carbocycles. The van der Waals surface area contributed by atoms with Gasteiger partial charge in [-0.05, 0) is 24.3 Å². The number of hydrogen-bond donors (Lipinski definition) is 4. The molecule has 0 radical (unpaired) electrons. The highest BCUT2D eigenvalue weighted by molar-refractivity contribution is 5.89. The van der Waals surface area contributed by atoms with Gasteiger partial charge in [0.25, 0.3) is 5.09 Å². The van der Waals surface area contributed by atoms with E-state index in [1.165, 1.54) is 13.2 Å². The van der Waals surface area contributed by atoms with Crippen molar-refractivity contribution in [3.05, 3.63) is 56.7 Å². The van der Waals surface area contributed by atoms with Gasteiger partial charge in [-0.15, -0.1) is 10.1 Å². The molecule has 1 aliphatic rings. The lowest BCUT2D eigenvalue weighted by Crippen LogP contribution is -2.61. The Hall–Kier alpha value is -4.64. The highest BCUT2D eigenvalue weighted by atomic mass is 17.0. The molecule has 220 valence electrons. The van der Waals surface area contributed by atoms with Gasteiger partial charge in [0.15, 0.2) is 23.0 Å². The van der Waals surface area contributed by atoms with Gasteiger partial charge in [-0.25, -0.2) is 4.79 Å². The van der Waals surface area contributed by atoms with Gasteiger partial charge < -0.3 is 53.4 Å². The largest absolute Gasteiger partial charge is 0.504 e. The van der Waals surface area contributed by atoms with E-state index in [0.29, 0.717) is 11.3 Å². The smallest absolute Gasteiger partial charge is 0.338 e. The zero-order valence-corrected chi connectivity index (χ0v) is 21.5. The summed E-state index contributed by atoms with van der Waals surface area (Å²) in [7, 11) is 2.65. The third kappa shape index (κ3) is 6.09. The van der Waals surface area contributed by atoms with Crippen LogP contribution in [0, 0.1) is 10.1 Å². The standard InChI is InChI=1S/C25H25NO15/c1-35-12-5-3-11(4-6-12)14-9-13(27)17-15(39-14)10-16(22(36-2)18(17)28)40-25-21(31)19(29)20(30)23(41-25)24(32)37-7-8-38-26(33)34/h3-6,9-10,19-21,23,25,28-31H,7-8H2,1-2H3/t19-,20-,21+,23-,25+/m0/s1. The Bertz CT molecular complexity index is 1470. The maximum atomic E-state index is 12.9. The van der Waals surface area contributed by atoms with E-state index in [0.717, 1.165) is 13.2 Å². The second-order valence-electron chi connectivity index (χ2n) is 8.57. The van der Waals surface area contributed by atoms with Gasteiger partial charge in [-0.2, -0.15) is 0 Å². The van der Waals surface area contributed by atoms with Crippen LogP contribution < -0.4 is 19.6 Å². The Kier molecular flexibility index (Phi) is 8.77. The molecule has 1 aliphatic heterocycles. The van der Waals surface area contributed by atoms with Gasteiger partial charge in [0, 0.05) is 17.7 Å². The molecule has 0 amide bonds. The fraction of sp³-hybridized carbons (Fsp3) is 0.360. The van der Waals surface area contributed by atoms with E-state index in [-0.39, 0.29) is 28.2 Å². The number of ether oxygens (including phenoxy) is 5. The number of aliphatic hydroxyl groups excluding tert-OH is 3. The number of methoxy groups -OCH3 is 2. The number of benzene rings is 2. The fourth-order valence-corrected chi connectivity index (χ4v) is 4.05. The van der Waals surface area contributed by atoms with Crippen molar-refractivity contribution in [3.63, 3.8) is 0 Å². The molecule has 1 saturated heterocycles. The maximum absolute atomic E-state index is 12.9. The molecule has 2 aromatic carbocycles. The number of hydrogen-bond acceptors (Lipinski definition) is 15. The van der Waals surface area contributed by atoms with Crippen LogP contribution in [-0.2, 0) is 19.1 Å². The predicted molar refractivity (Wildman–Crippen MR) is 134 cm³/mol. The van der Waals surface area contributed by atoms with Gasteiger partial charge in [0.2, 0.25) is 12.0 Å².